The number of ether oxygens (including phenoxy) is 3. The molecule has 114 valence electrons. The van der Waals surface area contributed by atoms with E-state index in [1.54, 1.807) is 14.2 Å². The summed E-state index contributed by atoms with van der Waals surface area (Å²) < 4.78 is 15.9. The molecule has 1 aromatic carbocycles. The van der Waals surface area contributed by atoms with Crippen molar-refractivity contribution in [3.63, 3.8) is 0 Å². The molecule has 0 radical (unpaired) electrons. The Hall–Kier alpha value is -1.26. The first-order valence-corrected chi connectivity index (χ1v) is 7.04. The van der Waals surface area contributed by atoms with E-state index in [2.05, 4.69) is 19.2 Å². The lowest BCUT2D eigenvalue weighted by molar-refractivity contribution is 0.150. The van der Waals surface area contributed by atoms with Crippen molar-refractivity contribution in [3.05, 3.63) is 24.3 Å². The van der Waals surface area contributed by atoms with Gasteiger partial charge in [-0.15, -0.1) is 0 Å². The van der Waals surface area contributed by atoms with Crippen molar-refractivity contribution in [2.24, 2.45) is 5.41 Å². The Labute approximate surface area is 122 Å². The number of hydrogen-bond acceptors (Lipinski definition) is 4. The number of methoxy groups -OCH3 is 2. The van der Waals surface area contributed by atoms with Crippen molar-refractivity contribution < 1.29 is 14.2 Å². The molecule has 0 aliphatic rings. The monoisotopic (exact) mass is 281 g/mol. The van der Waals surface area contributed by atoms with E-state index in [0.29, 0.717) is 6.61 Å². The molecule has 4 heteroatoms. The van der Waals surface area contributed by atoms with Gasteiger partial charge >= 0.3 is 0 Å². The van der Waals surface area contributed by atoms with E-state index < -0.39 is 0 Å². The molecule has 0 aliphatic heterocycles. The van der Waals surface area contributed by atoms with Gasteiger partial charge in [0.1, 0.15) is 18.1 Å². The van der Waals surface area contributed by atoms with E-state index in [9.17, 15) is 0 Å². The zero-order valence-corrected chi connectivity index (χ0v) is 13.1. The van der Waals surface area contributed by atoms with Crippen LogP contribution < -0.4 is 14.8 Å². The molecule has 0 amide bonds. The van der Waals surface area contributed by atoms with Gasteiger partial charge in [0.15, 0.2) is 0 Å². The Morgan fingerprint density at radius 3 is 2.25 bits per heavy atom. The van der Waals surface area contributed by atoms with Gasteiger partial charge in [-0.3, -0.25) is 0 Å². The van der Waals surface area contributed by atoms with Crippen molar-refractivity contribution in [3.8, 4) is 11.5 Å². The van der Waals surface area contributed by atoms with Crippen LogP contribution in [0.4, 0.5) is 0 Å². The van der Waals surface area contributed by atoms with Crippen LogP contribution in [0.3, 0.4) is 0 Å². The third kappa shape index (κ3) is 6.78. The quantitative estimate of drug-likeness (QED) is 0.669. The molecule has 4 nitrogen and oxygen atoms in total. The highest BCUT2D eigenvalue weighted by Crippen LogP contribution is 2.19. The van der Waals surface area contributed by atoms with Gasteiger partial charge in [-0.25, -0.2) is 0 Å². The molecule has 0 spiro atoms. The zero-order valence-electron chi connectivity index (χ0n) is 13.1. The maximum atomic E-state index is 5.66. The maximum Gasteiger partial charge on any atom is 0.119 e. The Kier molecular flexibility index (Phi) is 7.41. The van der Waals surface area contributed by atoms with Gasteiger partial charge in [-0.05, 0) is 36.1 Å². The van der Waals surface area contributed by atoms with Crippen LogP contribution in [0.2, 0.25) is 0 Å². The molecular weight excluding hydrogens is 254 g/mol. The second-order valence-corrected chi connectivity index (χ2v) is 5.61. The molecule has 0 heterocycles. The number of nitrogens with one attached hydrogen (secondary N) is 1. The summed E-state index contributed by atoms with van der Waals surface area (Å²) in [7, 11) is 3.40. The van der Waals surface area contributed by atoms with Gasteiger partial charge in [-0.2, -0.15) is 0 Å². The standard InChI is InChI=1S/C16H27NO3/c1-16(2,9-11-18-3)13-17-10-12-20-15-7-5-14(19-4)6-8-15/h5-8,17H,9-13H2,1-4H3. The number of benzene rings is 1. The van der Waals surface area contributed by atoms with Gasteiger partial charge in [0.25, 0.3) is 0 Å². The average Bonchev–Trinajstić information content (AvgIpc) is 2.45. The van der Waals surface area contributed by atoms with E-state index in [4.69, 9.17) is 14.2 Å². The lowest BCUT2D eigenvalue weighted by atomic mass is 9.90. The highest BCUT2D eigenvalue weighted by atomic mass is 16.5. The van der Waals surface area contributed by atoms with Crippen LogP contribution in [0.25, 0.3) is 0 Å². The predicted molar refractivity (Wildman–Crippen MR) is 81.6 cm³/mol. The van der Waals surface area contributed by atoms with Gasteiger partial charge in [0, 0.05) is 26.8 Å². The fourth-order valence-corrected chi connectivity index (χ4v) is 1.81. The molecule has 0 unspecified atom stereocenters. The van der Waals surface area contributed by atoms with Crippen LogP contribution >= 0.6 is 0 Å². The third-order valence-corrected chi connectivity index (χ3v) is 3.19. The molecule has 0 saturated heterocycles. The van der Waals surface area contributed by atoms with Crippen molar-refractivity contribution in [1.82, 2.24) is 5.32 Å². The highest BCUT2D eigenvalue weighted by molar-refractivity contribution is 5.31. The van der Waals surface area contributed by atoms with Gasteiger partial charge in [-0.1, -0.05) is 13.8 Å². The first-order valence-electron chi connectivity index (χ1n) is 7.04. The third-order valence-electron chi connectivity index (χ3n) is 3.19. The zero-order chi connectivity index (χ0) is 14.8. The Morgan fingerprint density at radius 1 is 1.00 bits per heavy atom. The van der Waals surface area contributed by atoms with Crippen molar-refractivity contribution >= 4 is 0 Å². The van der Waals surface area contributed by atoms with Gasteiger partial charge in [0.2, 0.25) is 0 Å². The van der Waals surface area contributed by atoms with Crippen LogP contribution in [0.1, 0.15) is 20.3 Å². The second kappa shape index (κ2) is 8.82. The van der Waals surface area contributed by atoms with Crippen LogP contribution in [-0.4, -0.2) is 40.5 Å². The van der Waals surface area contributed by atoms with Gasteiger partial charge in [0.05, 0.1) is 7.11 Å². The summed E-state index contributed by atoms with van der Waals surface area (Å²) in [6.45, 7) is 7.74. The van der Waals surface area contributed by atoms with Crippen molar-refractivity contribution in [2.45, 2.75) is 20.3 Å². The van der Waals surface area contributed by atoms with Crippen LogP contribution in [0.15, 0.2) is 24.3 Å². The molecule has 1 aromatic rings. The first kappa shape index (κ1) is 16.8. The molecule has 0 fully saturated rings. The van der Waals surface area contributed by atoms with E-state index in [1.807, 2.05) is 24.3 Å². The van der Waals surface area contributed by atoms with Crippen LogP contribution in [-0.2, 0) is 4.74 Å². The lowest BCUT2D eigenvalue weighted by Crippen LogP contribution is -2.32. The average molecular weight is 281 g/mol. The minimum atomic E-state index is 0.246. The smallest absolute Gasteiger partial charge is 0.119 e. The van der Waals surface area contributed by atoms with Crippen molar-refractivity contribution in [1.29, 1.82) is 0 Å². The fourth-order valence-electron chi connectivity index (χ4n) is 1.81. The largest absolute Gasteiger partial charge is 0.497 e. The minimum Gasteiger partial charge on any atom is -0.497 e. The summed E-state index contributed by atoms with van der Waals surface area (Å²) in [6.07, 6.45) is 1.05. The summed E-state index contributed by atoms with van der Waals surface area (Å²) in [5.41, 5.74) is 0.246. The first-order chi connectivity index (χ1) is 9.57. The summed E-state index contributed by atoms with van der Waals surface area (Å²) in [6, 6.07) is 7.63. The van der Waals surface area contributed by atoms with E-state index in [0.717, 1.165) is 37.6 Å². The Balaban J connectivity index is 2.15. The van der Waals surface area contributed by atoms with E-state index >= 15 is 0 Å². The molecule has 0 atom stereocenters. The molecule has 1 N–H and O–H groups in total. The van der Waals surface area contributed by atoms with E-state index in [-0.39, 0.29) is 5.41 Å². The molecule has 0 aliphatic carbocycles. The summed E-state index contributed by atoms with van der Waals surface area (Å²) in [4.78, 5) is 0. The normalized spacial score (nSPS) is 11.4. The Bertz CT molecular complexity index is 362. The molecule has 0 saturated carbocycles. The molecule has 20 heavy (non-hydrogen) atoms. The molecular formula is C16H27NO3. The summed E-state index contributed by atoms with van der Waals surface area (Å²) >= 11 is 0. The molecule has 0 aromatic heterocycles. The maximum absolute atomic E-state index is 5.66. The predicted octanol–water partition coefficient (Wildman–Crippen LogP) is 2.73. The van der Waals surface area contributed by atoms with Gasteiger partial charge < -0.3 is 19.5 Å². The molecule has 1 rings (SSSR count). The fraction of sp³-hybridized carbons (Fsp3) is 0.625. The topological polar surface area (TPSA) is 39.7 Å². The SMILES string of the molecule is COCCC(C)(C)CNCCOc1ccc(OC)cc1. The van der Waals surface area contributed by atoms with E-state index in [1.165, 1.54) is 0 Å². The number of rotatable bonds is 10. The Morgan fingerprint density at radius 2 is 1.65 bits per heavy atom. The highest BCUT2D eigenvalue weighted by Gasteiger charge is 2.16. The van der Waals surface area contributed by atoms with Crippen molar-refractivity contribution in [2.75, 3.05) is 40.5 Å². The second-order valence-electron chi connectivity index (χ2n) is 5.61. The van der Waals surface area contributed by atoms with Crippen LogP contribution in [0.5, 0.6) is 11.5 Å². The van der Waals surface area contributed by atoms with Crippen LogP contribution in [0, 0.1) is 5.41 Å². The lowest BCUT2D eigenvalue weighted by Gasteiger charge is -2.24. The number of hydrogen-bond donors (Lipinski definition) is 1. The summed E-state index contributed by atoms with van der Waals surface area (Å²) in [5.74, 6) is 1.71. The summed E-state index contributed by atoms with van der Waals surface area (Å²) in [5, 5.41) is 3.42. The molecule has 0 bridgehead atoms. The minimum absolute atomic E-state index is 0.246.